The van der Waals surface area contributed by atoms with Crippen LogP contribution in [-0.2, 0) is 0 Å². The van der Waals surface area contributed by atoms with E-state index in [4.69, 9.17) is 5.11 Å². The zero-order valence-electron chi connectivity index (χ0n) is 6.88. The van der Waals surface area contributed by atoms with Crippen molar-refractivity contribution < 1.29 is 5.11 Å². The van der Waals surface area contributed by atoms with Crippen molar-refractivity contribution in [3.05, 3.63) is 12.2 Å². The molecule has 0 saturated heterocycles. The van der Waals surface area contributed by atoms with Gasteiger partial charge in [-0.25, -0.2) is 0 Å². The Bertz CT molecular complexity index is 91.3. The summed E-state index contributed by atoms with van der Waals surface area (Å²) in [6.07, 6.45) is 4.12. The van der Waals surface area contributed by atoms with Gasteiger partial charge in [0.2, 0.25) is 0 Å². The van der Waals surface area contributed by atoms with Gasteiger partial charge < -0.3 is 5.11 Å². The molecule has 0 aromatic rings. The van der Waals surface area contributed by atoms with Gasteiger partial charge in [-0.3, -0.25) is 4.90 Å². The first-order chi connectivity index (χ1) is 4.85. The van der Waals surface area contributed by atoms with Crippen LogP contribution in [0.2, 0.25) is 0 Å². The minimum atomic E-state index is 0.255. The highest BCUT2D eigenvalue weighted by molar-refractivity contribution is 4.80. The van der Waals surface area contributed by atoms with Crippen LogP contribution >= 0.6 is 0 Å². The number of nitrogens with zero attached hydrogens (tertiary/aromatic N) is 1. The van der Waals surface area contributed by atoms with Crippen molar-refractivity contribution in [3.63, 3.8) is 0 Å². The summed E-state index contributed by atoms with van der Waals surface area (Å²) >= 11 is 0. The SMILES string of the molecule is C/C=C\CN(CC)CCO. The van der Waals surface area contributed by atoms with Gasteiger partial charge in [0.15, 0.2) is 0 Å². The minimum Gasteiger partial charge on any atom is -0.395 e. The van der Waals surface area contributed by atoms with Crippen LogP contribution in [0.4, 0.5) is 0 Å². The second kappa shape index (κ2) is 6.78. The Hall–Kier alpha value is -0.340. The number of rotatable bonds is 5. The molecule has 0 radical (unpaired) electrons. The minimum absolute atomic E-state index is 0.255. The summed E-state index contributed by atoms with van der Waals surface area (Å²) in [6, 6.07) is 0. The van der Waals surface area contributed by atoms with Crippen molar-refractivity contribution in [1.29, 1.82) is 0 Å². The zero-order chi connectivity index (χ0) is 7.82. The van der Waals surface area contributed by atoms with Gasteiger partial charge >= 0.3 is 0 Å². The summed E-state index contributed by atoms with van der Waals surface area (Å²) in [5, 5.41) is 8.60. The van der Waals surface area contributed by atoms with E-state index < -0.39 is 0 Å². The van der Waals surface area contributed by atoms with Crippen LogP contribution in [-0.4, -0.2) is 36.2 Å². The average Bonchev–Trinajstić information content (AvgIpc) is 1.98. The predicted molar refractivity (Wildman–Crippen MR) is 44.0 cm³/mol. The highest BCUT2D eigenvalue weighted by Crippen LogP contribution is 1.86. The molecule has 0 saturated carbocycles. The quantitative estimate of drug-likeness (QED) is 0.577. The van der Waals surface area contributed by atoms with E-state index in [2.05, 4.69) is 17.9 Å². The molecule has 0 aliphatic heterocycles. The Morgan fingerprint density at radius 1 is 1.50 bits per heavy atom. The lowest BCUT2D eigenvalue weighted by Crippen LogP contribution is -2.26. The molecule has 2 heteroatoms. The van der Waals surface area contributed by atoms with E-state index >= 15 is 0 Å². The second-order valence-corrected chi connectivity index (χ2v) is 2.19. The van der Waals surface area contributed by atoms with Crippen molar-refractivity contribution in [3.8, 4) is 0 Å². The monoisotopic (exact) mass is 143 g/mol. The summed E-state index contributed by atoms with van der Waals surface area (Å²) in [5.74, 6) is 0. The largest absolute Gasteiger partial charge is 0.395 e. The van der Waals surface area contributed by atoms with E-state index in [9.17, 15) is 0 Å². The standard InChI is InChI=1S/C8H17NO/c1-3-5-6-9(4-2)7-8-10/h3,5,10H,4,6-8H2,1-2H3/b5-3-. The van der Waals surface area contributed by atoms with Crippen molar-refractivity contribution in [1.82, 2.24) is 4.90 Å². The number of aliphatic hydroxyl groups is 1. The molecule has 0 aromatic carbocycles. The van der Waals surface area contributed by atoms with Gasteiger partial charge in [0.05, 0.1) is 6.61 Å². The van der Waals surface area contributed by atoms with Crippen LogP contribution in [0.15, 0.2) is 12.2 Å². The molecule has 0 heterocycles. The molecule has 0 aliphatic carbocycles. The van der Waals surface area contributed by atoms with Gasteiger partial charge in [-0.2, -0.15) is 0 Å². The summed E-state index contributed by atoms with van der Waals surface area (Å²) in [4.78, 5) is 2.18. The third-order valence-electron chi connectivity index (χ3n) is 1.46. The van der Waals surface area contributed by atoms with Crippen LogP contribution < -0.4 is 0 Å². The molecule has 0 aromatic heterocycles. The lowest BCUT2D eigenvalue weighted by Gasteiger charge is -2.15. The molecule has 0 atom stereocenters. The van der Waals surface area contributed by atoms with Crippen molar-refractivity contribution in [2.24, 2.45) is 0 Å². The van der Waals surface area contributed by atoms with Crippen LogP contribution in [0.5, 0.6) is 0 Å². The third kappa shape index (κ3) is 4.53. The molecular formula is C8H17NO. The Labute approximate surface area is 63.2 Å². The van der Waals surface area contributed by atoms with Gasteiger partial charge in [-0.15, -0.1) is 0 Å². The first kappa shape index (κ1) is 9.66. The molecule has 60 valence electrons. The third-order valence-corrected chi connectivity index (χ3v) is 1.46. The smallest absolute Gasteiger partial charge is 0.0558 e. The van der Waals surface area contributed by atoms with E-state index in [-0.39, 0.29) is 6.61 Å². The molecule has 0 amide bonds. The average molecular weight is 143 g/mol. The van der Waals surface area contributed by atoms with Gasteiger partial charge in [-0.1, -0.05) is 19.1 Å². The van der Waals surface area contributed by atoms with Crippen molar-refractivity contribution >= 4 is 0 Å². The molecule has 0 spiro atoms. The number of allylic oxidation sites excluding steroid dienone is 1. The van der Waals surface area contributed by atoms with E-state index in [0.717, 1.165) is 19.6 Å². The zero-order valence-corrected chi connectivity index (χ0v) is 6.88. The Balaban J connectivity index is 3.39. The number of likely N-dealkylation sites (N-methyl/N-ethyl adjacent to an activating group) is 1. The Morgan fingerprint density at radius 2 is 2.20 bits per heavy atom. The highest BCUT2D eigenvalue weighted by atomic mass is 16.3. The number of hydrogen-bond acceptors (Lipinski definition) is 2. The van der Waals surface area contributed by atoms with E-state index in [1.807, 2.05) is 13.0 Å². The van der Waals surface area contributed by atoms with Crippen LogP contribution in [0, 0.1) is 0 Å². The van der Waals surface area contributed by atoms with Gasteiger partial charge in [0.25, 0.3) is 0 Å². The summed E-state index contributed by atoms with van der Waals surface area (Å²) in [5.41, 5.74) is 0. The van der Waals surface area contributed by atoms with Crippen molar-refractivity contribution in [2.75, 3.05) is 26.2 Å². The molecule has 0 aliphatic rings. The van der Waals surface area contributed by atoms with E-state index in [1.165, 1.54) is 0 Å². The lowest BCUT2D eigenvalue weighted by molar-refractivity contribution is 0.214. The fourth-order valence-corrected chi connectivity index (χ4v) is 0.774. The van der Waals surface area contributed by atoms with Gasteiger partial charge in [0.1, 0.15) is 0 Å². The van der Waals surface area contributed by atoms with E-state index in [1.54, 1.807) is 0 Å². The predicted octanol–water partition coefficient (Wildman–Crippen LogP) is 0.877. The van der Waals surface area contributed by atoms with Crippen LogP contribution in [0.1, 0.15) is 13.8 Å². The van der Waals surface area contributed by atoms with E-state index in [0.29, 0.717) is 0 Å². The topological polar surface area (TPSA) is 23.5 Å². The second-order valence-electron chi connectivity index (χ2n) is 2.19. The molecular weight excluding hydrogens is 126 g/mol. The van der Waals surface area contributed by atoms with Gasteiger partial charge in [0, 0.05) is 13.1 Å². The number of hydrogen-bond donors (Lipinski definition) is 1. The maximum absolute atomic E-state index is 8.60. The fraction of sp³-hybridized carbons (Fsp3) is 0.750. The molecule has 10 heavy (non-hydrogen) atoms. The maximum Gasteiger partial charge on any atom is 0.0558 e. The maximum atomic E-state index is 8.60. The fourth-order valence-electron chi connectivity index (χ4n) is 0.774. The molecule has 1 N–H and O–H groups in total. The van der Waals surface area contributed by atoms with Crippen molar-refractivity contribution in [2.45, 2.75) is 13.8 Å². The summed E-state index contributed by atoms with van der Waals surface area (Å²) in [7, 11) is 0. The highest BCUT2D eigenvalue weighted by Gasteiger charge is 1.95. The van der Waals surface area contributed by atoms with Crippen LogP contribution in [0.3, 0.4) is 0 Å². The first-order valence-corrected chi connectivity index (χ1v) is 3.79. The molecule has 0 rings (SSSR count). The Morgan fingerprint density at radius 3 is 2.60 bits per heavy atom. The Kier molecular flexibility index (Phi) is 6.55. The van der Waals surface area contributed by atoms with Gasteiger partial charge in [-0.05, 0) is 13.5 Å². The normalized spacial score (nSPS) is 11.6. The molecule has 0 bridgehead atoms. The number of aliphatic hydroxyl groups excluding tert-OH is 1. The first-order valence-electron chi connectivity index (χ1n) is 3.79. The molecule has 2 nitrogen and oxygen atoms in total. The summed E-state index contributed by atoms with van der Waals surface area (Å²) in [6.45, 7) is 7.09. The molecule has 0 fully saturated rings. The molecule has 0 unspecified atom stereocenters. The summed E-state index contributed by atoms with van der Waals surface area (Å²) < 4.78 is 0. The lowest BCUT2D eigenvalue weighted by atomic mass is 10.4. The van der Waals surface area contributed by atoms with Crippen LogP contribution in [0.25, 0.3) is 0 Å².